The molecule has 0 amide bonds. The number of benzene rings is 1. The molecule has 2 unspecified atom stereocenters. The van der Waals surface area contributed by atoms with Gasteiger partial charge < -0.3 is 71.1 Å². The van der Waals surface area contributed by atoms with E-state index in [0.717, 1.165) is 48.5 Å². The van der Waals surface area contributed by atoms with Gasteiger partial charge >= 0.3 is 41.8 Å². The van der Waals surface area contributed by atoms with Gasteiger partial charge in [0.25, 0.3) is 0 Å². The molecule has 0 aromatic heterocycles. The first-order valence-electron chi connectivity index (χ1n) is 19.4. The second-order valence-corrected chi connectivity index (χ2v) is 14.6. The fourth-order valence-corrected chi connectivity index (χ4v) is 7.66. The molecule has 5 fully saturated rings. The average Bonchev–Trinajstić information content (AvgIpc) is 3.62. The van der Waals surface area contributed by atoms with Crippen molar-refractivity contribution in [1.29, 1.82) is 0 Å². The van der Waals surface area contributed by atoms with Crippen molar-refractivity contribution in [2.45, 2.75) is 147 Å². The fourth-order valence-electron chi connectivity index (χ4n) is 7.66. The molecule has 6 rings (SSSR count). The van der Waals surface area contributed by atoms with Gasteiger partial charge in [0.15, 0.2) is 61.8 Å². The molecule has 5 heterocycles. The molecule has 0 spiro atoms. The van der Waals surface area contributed by atoms with E-state index in [1.165, 1.54) is 0 Å². The van der Waals surface area contributed by atoms with Crippen LogP contribution in [0.1, 0.15) is 60.3 Å². The first kappa shape index (κ1) is 45.7. The highest BCUT2D eigenvalue weighted by molar-refractivity contribution is 5.69. The summed E-state index contributed by atoms with van der Waals surface area (Å²) in [5.41, 5.74) is 0.635. The summed E-state index contributed by atoms with van der Waals surface area (Å²) in [5, 5.41) is 0. The van der Waals surface area contributed by atoms with Gasteiger partial charge in [-0.1, -0.05) is 30.3 Å². The maximum atomic E-state index is 12.9. The topological polar surface area (TPSA) is 258 Å². The highest BCUT2D eigenvalue weighted by Crippen LogP contribution is 2.41. The lowest BCUT2D eigenvalue weighted by atomic mass is 9.95. The van der Waals surface area contributed by atoms with E-state index in [1.54, 1.807) is 30.3 Å². The normalized spacial score (nSPS) is 36.6. The lowest BCUT2D eigenvalue weighted by Gasteiger charge is -2.51. The Morgan fingerprint density at radius 3 is 1.57 bits per heavy atom. The molecular weight excluding hydrogens is 820 g/mol. The maximum absolute atomic E-state index is 12.9. The first-order chi connectivity index (χ1) is 29.0. The molecule has 5 aliphatic rings. The molecule has 0 radical (unpaired) electrons. The third kappa shape index (κ3) is 11.2. The van der Waals surface area contributed by atoms with Crippen molar-refractivity contribution in [3.63, 3.8) is 0 Å². The number of rotatable bonds is 13. The Balaban J connectivity index is 1.37. The van der Waals surface area contributed by atoms with Crippen LogP contribution in [-0.2, 0) is 105 Å². The Kier molecular flexibility index (Phi) is 14.9. The van der Waals surface area contributed by atoms with Crippen LogP contribution in [0.2, 0.25) is 0 Å². The van der Waals surface area contributed by atoms with E-state index in [4.69, 9.17) is 71.1 Å². The highest BCUT2D eigenvalue weighted by atomic mass is 16.8. The summed E-state index contributed by atoms with van der Waals surface area (Å²) in [6.07, 6.45) is -22.1. The molecule has 1 aromatic rings. The van der Waals surface area contributed by atoms with E-state index >= 15 is 0 Å². The van der Waals surface area contributed by atoms with Crippen LogP contribution in [0.4, 0.5) is 0 Å². The minimum absolute atomic E-state index is 0.131. The molecule has 0 aliphatic carbocycles. The first-order valence-corrected chi connectivity index (χ1v) is 19.4. The summed E-state index contributed by atoms with van der Waals surface area (Å²) in [7, 11) is 0. The zero-order valence-corrected chi connectivity index (χ0v) is 34.2. The highest BCUT2D eigenvalue weighted by Gasteiger charge is 2.61. The van der Waals surface area contributed by atoms with Crippen LogP contribution in [0.25, 0.3) is 0 Å². The molecule has 5 saturated heterocycles. The largest absolute Gasteiger partial charge is 0.463 e. The van der Waals surface area contributed by atoms with Crippen molar-refractivity contribution in [2.24, 2.45) is 0 Å². The molecule has 5 aliphatic heterocycles. The lowest BCUT2D eigenvalue weighted by molar-refractivity contribution is -0.390. The van der Waals surface area contributed by atoms with E-state index in [0.29, 0.717) is 5.56 Å². The second-order valence-electron chi connectivity index (χ2n) is 14.6. The molecule has 336 valence electrons. The number of hydrogen-bond acceptors (Lipinski definition) is 22. The van der Waals surface area contributed by atoms with Gasteiger partial charge in [-0.25, -0.2) is 0 Å². The number of hydrogen-bond donors (Lipinski definition) is 0. The maximum Gasteiger partial charge on any atom is 0.303 e. The zero-order chi connectivity index (χ0) is 44.1. The van der Waals surface area contributed by atoms with Gasteiger partial charge in [-0.05, 0) is 0 Å². The molecule has 61 heavy (non-hydrogen) atoms. The van der Waals surface area contributed by atoms with E-state index in [-0.39, 0.29) is 13.2 Å². The van der Waals surface area contributed by atoms with Crippen LogP contribution in [0.5, 0.6) is 0 Å². The Labute approximate surface area is 348 Å². The van der Waals surface area contributed by atoms with Crippen LogP contribution >= 0.6 is 0 Å². The number of fused-ring (bicyclic) bond motifs is 3. The zero-order valence-electron chi connectivity index (χ0n) is 34.2. The van der Waals surface area contributed by atoms with Gasteiger partial charge in [-0.15, -0.1) is 0 Å². The summed E-state index contributed by atoms with van der Waals surface area (Å²) in [6.45, 7) is 6.81. The van der Waals surface area contributed by atoms with Crippen molar-refractivity contribution < 1.29 is 105 Å². The number of carbonyl (C=O) groups is 7. The molecule has 0 N–H and O–H groups in total. The van der Waals surface area contributed by atoms with Crippen LogP contribution in [0.15, 0.2) is 30.3 Å². The number of esters is 7. The average molecular weight is 869 g/mol. The van der Waals surface area contributed by atoms with Crippen LogP contribution in [-0.4, -0.2) is 154 Å². The summed E-state index contributed by atoms with van der Waals surface area (Å²) >= 11 is 0. The van der Waals surface area contributed by atoms with Gasteiger partial charge in [0.2, 0.25) is 0 Å². The van der Waals surface area contributed by atoms with Gasteiger partial charge in [0, 0.05) is 54.0 Å². The smallest absolute Gasteiger partial charge is 0.303 e. The Bertz CT molecular complexity index is 1770. The van der Waals surface area contributed by atoms with Crippen LogP contribution < -0.4 is 0 Å². The summed E-state index contributed by atoms with van der Waals surface area (Å²) < 4.78 is 88.5. The molecule has 1 aromatic carbocycles. The Hall–Kier alpha value is -4.81. The Morgan fingerprint density at radius 2 is 0.984 bits per heavy atom. The van der Waals surface area contributed by atoms with Crippen molar-refractivity contribution in [3.8, 4) is 0 Å². The van der Waals surface area contributed by atoms with E-state index in [2.05, 4.69) is 0 Å². The number of carbonyl (C=O) groups excluding carboxylic acids is 7. The van der Waals surface area contributed by atoms with Gasteiger partial charge in [0.1, 0.15) is 43.2 Å². The summed E-state index contributed by atoms with van der Waals surface area (Å²) in [6, 6.07) is 8.87. The van der Waals surface area contributed by atoms with Crippen molar-refractivity contribution >= 4 is 41.8 Å². The standard InChI is InChI=1S/C39H48O22/c1-16(40)47-13-24-28(60-39-34(54-21(6)45)31(51-18(3)42)27-26(58-39)14-48-36(59-27)23-11-9-8-10-12-23)32(52-19(4)43)35(55-22(7)46)38(57-24)61-29-25-15-49-37(56-25)33(53-20(5)44)30(29)50-17(2)41/h8-12,24-39H,13-15H2,1-7H3/t24-,25-,26-,27-,28-,29?,30+,31+,32+,33-,34-,35-,36?,37-,38+,39+/m1/s1. The van der Waals surface area contributed by atoms with Gasteiger partial charge in [0.05, 0.1) is 13.2 Å². The molecule has 22 nitrogen and oxygen atoms in total. The quantitative estimate of drug-likeness (QED) is 0.190. The number of ether oxygens (including phenoxy) is 15. The van der Waals surface area contributed by atoms with Crippen LogP contribution in [0.3, 0.4) is 0 Å². The van der Waals surface area contributed by atoms with E-state index in [9.17, 15) is 33.6 Å². The van der Waals surface area contributed by atoms with Gasteiger partial charge in [-0.3, -0.25) is 33.6 Å². The summed E-state index contributed by atoms with van der Waals surface area (Å²) in [5.74, 6) is -5.76. The SMILES string of the molecule is CC(=O)OC[C@H]1O[C@@H](OC2[C@H]3CO[C@H](O3)[C@H](OC(C)=O)[C@H]2OC(C)=O)[C@H](OC(C)=O)[C@@H](OC(C)=O)[C@@H]1O[C@@H]1O[C@@H]2COC(c3ccccc3)O[C@H]2[C@H](OC(C)=O)[C@H]1OC(C)=O. The minimum atomic E-state index is -1.75. The summed E-state index contributed by atoms with van der Waals surface area (Å²) in [4.78, 5) is 87.6. The third-order valence-electron chi connectivity index (χ3n) is 9.81. The van der Waals surface area contributed by atoms with Crippen molar-refractivity contribution in [3.05, 3.63) is 35.9 Å². The molecular formula is C39H48O22. The lowest BCUT2D eigenvalue weighted by Crippen LogP contribution is -2.68. The molecule has 2 bridgehead atoms. The van der Waals surface area contributed by atoms with Crippen molar-refractivity contribution in [2.75, 3.05) is 19.8 Å². The molecule has 16 atom stereocenters. The minimum Gasteiger partial charge on any atom is -0.463 e. The predicted molar refractivity (Wildman–Crippen MR) is 192 cm³/mol. The predicted octanol–water partition coefficient (Wildman–Crippen LogP) is 0.229. The third-order valence-corrected chi connectivity index (χ3v) is 9.81. The molecule has 0 saturated carbocycles. The fraction of sp³-hybridized carbons (Fsp3) is 0.667. The second kappa shape index (κ2) is 19.9. The van der Waals surface area contributed by atoms with Crippen LogP contribution in [0, 0.1) is 0 Å². The Morgan fingerprint density at radius 1 is 0.492 bits per heavy atom. The monoisotopic (exact) mass is 868 g/mol. The van der Waals surface area contributed by atoms with E-state index < -0.39 is 147 Å². The van der Waals surface area contributed by atoms with Gasteiger partial charge in [-0.2, -0.15) is 0 Å². The van der Waals surface area contributed by atoms with E-state index in [1.807, 2.05) is 0 Å². The molecule has 22 heteroatoms. The van der Waals surface area contributed by atoms with Crippen molar-refractivity contribution in [1.82, 2.24) is 0 Å².